The zero-order valence-corrected chi connectivity index (χ0v) is 18.3. The smallest absolute Gasteiger partial charge is 0.291 e. The highest BCUT2D eigenvalue weighted by atomic mass is 19.1. The first-order chi connectivity index (χ1) is 16.5. The molecular formula is C26H19FN2O5. The molecule has 0 spiro atoms. The van der Waals surface area contributed by atoms with Crippen LogP contribution >= 0.6 is 0 Å². The van der Waals surface area contributed by atoms with Crippen LogP contribution in [0.25, 0.3) is 21.9 Å². The molecule has 0 saturated carbocycles. The Morgan fingerprint density at radius 1 is 0.941 bits per heavy atom. The molecule has 0 radical (unpaired) electrons. The number of carbonyl (C=O) groups excluding carboxylic acids is 1. The Hall–Kier alpha value is -4.59. The Labute approximate surface area is 193 Å². The van der Waals surface area contributed by atoms with Crippen LogP contribution in [0.4, 0.5) is 10.1 Å². The second-order valence-electron chi connectivity index (χ2n) is 7.41. The first-order valence-electron chi connectivity index (χ1n) is 10.3. The maximum atomic E-state index is 13.4. The minimum atomic E-state index is -0.481. The zero-order chi connectivity index (χ0) is 23.7. The number of methoxy groups -OCH3 is 2. The summed E-state index contributed by atoms with van der Waals surface area (Å²) in [6.07, 6.45) is 1.65. The summed E-state index contributed by atoms with van der Waals surface area (Å²) in [5.41, 5.74) is 1.55. The fourth-order valence-corrected chi connectivity index (χ4v) is 3.62. The van der Waals surface area contributed by atoms with Crippen LogP contribution in [0.1, 0.15) is 10.6 Å². The van der Waals surface area contributed by atoms with Crippen molar-refractivity contribution in [2.45, 2.75) is 0 Å². The molecule has 5 rings (SSSR count). The van der Waals surface area contributed by atoms with E-state index in [1.807, 2.05) is 6.07 Å². The lowest BCUT2D eigenvalue weighted by atomic mass is 10.1. The highest BCUT2D eigenvalue weighted by Gasteiger charge is 2.15. The number of amides is 1. The van der Waals surface area contributed by atoms with Crippen molar-refractivity contribution < 1.29 is 27.8 Å². The molecule has 0 aliphatic rings. The molecule has 2 aromatic heterocycles. The van der Waals surface area contributed by atoms with E-state index in [1.165, 1.54) is 18.2 Å². The van der Waals surface area contributed by atoms with Crippen molar-refractivity contribution in [3.8, 4) is 23.0 Å². The monoisotopic (exact) mass is 458 g/mol. The predicted molar refractivity (Wildman–Crippen MR) is 125 cm³/mol. The number of nitrogens with zero attached hydrogens (tertiary/aromatic N) is 1. The van der Waals surface area contributed by atoms with Gasteiger partial charge in [0.1, 0.15) is 22.9 Å². The van der Waals surface area contributed by atoms with Crippen LogP contribution in [0.5, 0.6) is 23.0 Å². The molecule has 0 atom stereocenters. The number of aromatic nitrogens is 1. The largest absolute Gasteiger partial charge is 0.493 e. The molecule has 0 aliphatic heterocycles. The van der Waals surface area contributed by atoms with E-state index in [4.69, 9.17) is 18.6 Å². The molecule has 34 heavy (non-hydrogen) atoms. The number of ether oxygens (including phenoxy) is 3. The van der Waals surface area contributed by atoms with Crippen LogP contribution in [0.15, 0.2) is 77.3 Å². The number of hydrogen-bond donors (Lipinski definition) is 1. The summed E-state index contributed by atoms with van der Waals surface area (Å²) in [6, 6.07) is 17.8. The number of anilines is 1. The predicted octanol–water partition coefficient (Wildman–Crippen LogP) is 6.18. The van der Waals surface area contributed by atoms with E-state index in [-0.39, 0.29) is 5.76 Å². The average Bonchev–Trinajstić information content (AvgIpc) is 3.27. The Morgan fingerprint density at radius 3 is 2.56 bits per heavy atom. The number of pyridine rings is 1. The van der Waals surface area contributed by atoms with Gasteiger partial charge >= 0.3 is 0 Å². The fourth-order valence-electron chi connectivity index (χ4n) is 3.62. The Balaban J connectivity index is 1.43. The highest BCUT2D eigenvalue weighted by Crippen LogP contribution is 2.37. The molecule has 0 saturated heterocycles. The molecule has 8 heteroatoms. The fraction of sp³-hybridized carbons (Fsp3) is 0.0769. The molecule has 0 aliphatic carbocycles. The molecule has 3 aromatic carbocycles. The molecule has 1 N–H and O–H groups in total. The number of rotatable bonds is 6. The summed E-state index contributed by atoms with van der Waals surface area (Å²) < 4.78 is 35.9. The maximum absolute atomic E-state index is 13.4. The van der Waals surface area contributed by atoms with Crippen LogP contribution < -0.4 is 19.5 Å². The Bertz CT molecular complexity index is 1530. The Kier molecular flexibility index (Phi) is 5.47. The molecule has 2 heterocycles. The van der Waals surface area contributed by atoms with Gasteiger partial charge in [-0.25, -0.2) is 4.39 Å². The lowest BCUT2D eigenvalue weighted by Gasteiger charge is -2.12. The van der Waals surface area contributed by atoms with Gasteiger partial charge in [-0.3, -0.25) is 9.78 Å². The number of carbonyl (C=O) groups is 1. The summed E-state index contributed by atoms with van der Waals surface area (Å²) in [4.78, 5) is 16.9. The molecule has 1 amide bonds. The molecule has 5 aromatic rings. The summed E-state index contributed by atoms with van der Waals surface area (Å²) in [5, 5.41) is 4.05. The second-order valence-corrected chi connectivity index (χ2v) is 7.41. The van der Waals surface area contributed by atoms with Crippen molar-refractivity contribution in [1.82, 2.24) is 4.98 Å². The van der Waals surface area contributed by atoms with Crippen molar-refractivity contribution in [1.29, 1.82) is 0 Å². The standard InChI is InChI=1S/C26H19FN2O5/c1-31-23-13-19-20(14-24(23)32-2)28-9-8-22(19)33-18-6-7-21-15(10-18)11-25(34-21)26(30)29-17-5-3-4-16(27)12-17/h3-14H,1-2H3,(H,29,30). The van der Waals surface area contributed by atoms with Crippen molar-refractivity contribution >= 4 is 33.5 Å². The molecule has 0 fully saturated rings. The third-order valence-corrected chi connectivity index (χ3v) is 5.23. The van der Waals surface area contributed by atoms with Gasteiger partial charge in [-0.05, 0) is 54.6 Å². The van der Waals surface area contributed by atoms with Gasteiger partial charge in [0.25, 0.3) is 5.91 Å². The molecule has 170 valence electrons. The first-order valence-corrected chi connectivity index (χ1v) is 10.3. The third kappa shape index (κ3) is 4.09. The molecule has 0 bridgehead atoms. The van der Waals surface area contributed by atoms with E-state index in [0.717, 1.165) is 5.39 Å². The van der Waals surface area contributed by atoms with Gasteiger partial charge in [0.15, 0.2) is 17.3 Å². The normalized spacial score (nSPS) is 10.9. The number of furan rings is 1. The van der Waals surface area contributed by atoms with E-state index in [0.29, 0.717) is 45.2 Å². The van der Waals surface area contributed by atoms with Gasteiger partial charge in [-0.2, -0.15) is 0 Å². The quantitative estimate of drug-likeness (QED) is 0.327. The SMILES string of the molecule is COc1cc2nccc(Oc3ccc4oc(C(=O)Nc5cccc(F)c5)cc4c3)c2cc1OC. The zero-order valence-electron chi connectivity index (χ0n) is 18.3. The summed E-state index contributed by atoms with van der Waals surface area (Å²) in [6.45, 7) is 0. The highest BCUT2D eigenvalue weighted by molar-refractivity contribution is 6.04. The van der Waals surface area contributed by atoms with Gasteiger partial charge < -0.3 is 23.9 Å². The lowest BCUT2D eigenvalue weighted by molar-refractivity contribution is 0.0998. The topological polar surface area (TPSA) is 82.8 Å². The first kappa shape index (κ1) is 21.3. The van der Waals surface area contributed by atoms with Crippen LogP contribution in [0, 0.1) is 5.82 Å². The van der Waals surface area contributed by atoms with Gasteiger partial charge in [0.2, 0.25) is 0 Å². The number of fused-ring (bicyclic) bond motifs is 2. The van der Waals surface area contributed by atoms with Crippen molar-refractivity contribution in [2.75, 3.05) is 19.5 Å². The molecule has 7 nitrogen and oxygen atoms in total. The third-order valence-electron chi connectivity index (χ3n) is 5.23. The lowest BCUT2D eigenvalue weighted by Crippen LogP contribution is -2.10. The second kappa shape index (κ2) is 8.74. The van der Waals surface area contributed by atoms with Gasteiger partial charge in [0, 0.05) is 28.7 Å². The van der Waals surface area contributed by atoms with Crippen molar-refractivity contribution in [3.63, 3.8) is 0 Å². The summed E-state index contributed by atoms with van der Waals surface area (Å²) >= 11 is 0. The van der Waals surface area contributed by atoms with Crippen LogP contribution in [-0.2, 0) is 0 Å². The van der Waals surface area contributed by atoms with Crippen LogP contribution in [-0.4, -0.2) is 25.1 Å². The maximum Gasteiger partial charge on any atom is 0.291 e. The van der Waals surface area contributed by atoms with E-state index in [2.05, 4.69) is 10.3 Å². The number of halogens is 1. The van der Waals surface area contributed by atoms with Gasteiger partial charge in [-0.1, -0.05) is 6.07 Å². The summed E-state index contributed by atoms with van der Waals surface area (Å²) in [5.74, 6) is 1.44. The summed E-state index contributed by atoms with van der Waals surface area (Å²) in [7, 11) is 3.13. The molecule has 0 unspecified atom stereocenters. The Morgan fingerprint density at radius 2 is 1.76 bits per heavy atom. The van der Waals surface area contributed by atoms with Gasteiger partial charge in [-0.15, -0.1) is 0 Å². The number of nitrogens with one attached hydrogen (secondary N) is 1. The number of hydrogen-bond acceptors (Lipinski definition) is 6. The van der Waals surface area contributed by atoms with Crippen LogP contribution in [0.3, 0.4) is 0 Å². The number of benzene rings is 3. The van der Waals surface area contributed by atoms with Gasteiger partial charge in [0.05, 0.1) is 19.7 Å². The van der Waals surface area contributed by atoms with E-state index >= 15 is 0 Å². The molecular weight excluding hydrogens is 439 g/mol. The minimum absolute atomic E-state index is 0.0996. The average molecular weight is 458 g/mol. The minimum Gasteiger partial charge on any atom is -0.493 e. The van der Waals surface area contributed by atoms with Crippen molar-refractivity contribution in [3.05, 3.63) is 84.5 Å². The van der Waals surface area contributed by atoms with Crippen LogP contribution in [0.2, 0.25) is 0 Å². The van der Waals surface area contributed by atoms with E-state index < -0.39 is 11.7 Å². The van der Waals surface area contributed by atoms with Crippen molar-refractivity contribution in [2.24, 2.45) is 0 Å². The van der Waals surface area contributed by atoms with E-state index in [9.17, 15) is 9.18 Å². The van der Waals surface area contributed by atoms with E-state index in [1.54, 1.807) is 62.9 Å².